The van der Waals surface area contributed by atoms with E-state index in [1.807, 2.05) is 0 Å². The van der Waals surface area contributed by atoms with Gasteiger partial charge < -0.3 is 43.7 Å². The first-order valence-electron chi connectivity index (χ1n) is 39.7. The first-order chi connectivity index (χ1) is 47.4. The van der Waals surface area contributed by atoms with Gasteiger partial charge in [-0.2, -0.15) is 0 Å². The van der Waals surface area contributed by atoms with Crippen LogP contribution in [0.4, 0.5) is 0 Å². The average molecular weight is 1330 g/mol. The molecule has 0 heterocycles. The molecule has 0 unspecified atom stereocenters. The van der Waals surface area contributed by atoms with Crippen molar-refractivity contribution in [2.45, 2.75) is 310 Å². The molecule has 9 heteroatoms. The fourth-order valence-electron chi connectivity index (χ4n) is 12.3. The number of unbranched alkanes of at least 4 members (excludes halogenated alkanes) is 39. The van der Waals surface area contributed by atoms with E-state index < -0.39 is 0 Å². The standard InChI is InChI=1S/C87H138O9/c1-4-7-10-13-16-25-34-43-58-91-82-67-79(70-85(73-82)94-61-46-37-28-19-22-31-40-55-88)52-49-76-64-77(50-53-80-68-83(92-59-44-35-26-17-14-11-8-5-2)74-86(71-80)95-62-47-38-29-20-23-32-41-56-89)66-78(65-76)51-54-81-69-84(93-60-45-36-27-18-15-12-9-6-3)75-87(72-81)96-63-48-39-30-21-24-33-42-57-90/h49-54,64-75,88-90H,4-48,55-63H2,1-3H3/b52-49+,53-50+,54-51+. The highest BCUT2D eigenvalue weighted by Crippen LogP contribution is 2.30. The van der Waals surface area contributed by atoms with Gasteiger partial charge in [0.1, 0.15) is 34.5 Å². The zero-order valence-corrected chi connectivity index (χ0v) is 61.4. The Morgan fingerprint density at radius 2 is 0.333 bits per heavy atom. The molecule has 0 bridgehead atoms. The number of aliphatic hydroxyl groups is 3. The molecule has 0 fully saturated rings. The molecule has 540 valence electrons. The minimum absolute atomic E-state index is 0.284. The molecule has 0 amide bonds. The van der Waals surface area contributed by atoms with Crippen LogP contribution < -0.4 is 28.4 Å². The fourth-order valence-corrected chi connectivity index (χ4v) is 12.3. The Bertz CT molecular complexity index is 2140. The number of hydrogen-bond donors (Lipinski definition) is 3. The maximum atomic E-state index is 9.20. The van der Waals surface area contributed by atoms with E-state index in [0.29, 0.717) is 39.6 Å². The van der Waals surface area contributed by atoms with Gasteiger partial charge in [-0.1, -0.05) is 288 Å². The second kappa shape index (κ2) is 59.8. The molecular weight excluding hydrogens is 1190 g/mol. The Morgan fingerprint density at radius 3 is 0.500 bits per heavy atom. The quantitative estimate of drug-likeness (QED) is 0.0294. The van der Waals surface area contributed by atoms with Gasteiger partial charge in [0.05, 0.1) is 39.6 Å². The van der Waals surface area contributed by atoms with E-state index in [2.05, 4.69) is 130 Å². The third-order valence-corrected chi connectivity index (χ3v) is 18.1. The van der Waals surface area contributed by atoms with Crippen molar-refractivity contribution >= 4 is 36.5 Å². The average Bonchev–Trinajstić information content (AvgIpc) is 1.07. The van der Waals surface area contributed by atoms with Gasteiger partial charge in [-0.3, -0.25) is 0 Å². The highest BCUT2D eigenvalue weighted by Gasteiger charge is 2.09. The van der Waals surface area contributed by atoms with Crippen LogP contribution in [0.3, 0.4) is 0 Å². The number of hydrogen-bond acceptors (Lipinski definition) is 9. The number of rotatable bonds is 66. The summed E-state index contributed by atoms with van der Waals surface area (Å²) in [6, 6.07) is 25.9. The highest BCUT2D eigenvalue weighted by atomic mass is 16.5. The number of ether oxygens (including phenoxy) is 6. The van der Waals surface area contributed by atoms with Crippen molar-refractivity contribution in [3.63, 3.8) is 0 Å². The topological polar surface area (TPSA) is 116 Å². The molecular formula is C87H138O9. The molecule has 4 rings (SSSR count). The van der Waals surface area contributed by atoms with Crippen LogP contribution in [0, 0.1) is 0 Å². The lowest BCUT2D eigenvalue weighted by Crippen LogP contribution is -2.01. The van der Waals surface area contributed by atoms with Crippen molar-refractivity contribution in [1.29, 1.82) is 0 Å². The number of benzene rings is 4. The molecule has 96 heavy (non-hydrogen) atoms. The van der Waals surface area contributed by atoms with Gasteiger partial charge in [-0.05, 0) is 146 Å². The van der Waals surface area contributed by atoms with Crippen LogP contribution in [-0.4, -0.2) is 74.8 Å². The summed E-state index contributed by atoms with van der Waals surface area (Å²) in [5.41, 5.74) is 6.31. The fraction of sp³-hybridized carbons (Fsp3) is 0.655. The van der Waals surface area contributed by atoms with Crippen LogP contribution in [0.2, 0.25) is 0 Å². The minimum atomic E-state index is 0.284. The lowest BCUT2D eigenvalue weighted by atomic mass is 10.0. The summed E-state index contributed by atoms with van der Waals surface area (Å²) in [6.07, 6.45) is 66.4. The van der Waals surface area contributed by atoms with Gasteiger partial charge in [-0.25, -0.2) is 0 Å². The molecule has 0 radical (unpaired) electrons. The van der Waals surface area contributed by atoms with E-state index in [1.54, 1.807) is 0 Å². The van der Waals surface area contributed by atoms with E-state index in [1.165, 1.54) is 193 Å². The van der Waals surface area contributed by atoms with Crippen molar-refractivity contribution in [1.82, 2.24) is 0 Å². The largest absolute Gasteiger partial charge is 0.493 e. The van der Waals surface area contributed by atoms with Crippen LogP contribution in [-0.2, 0) is 0 Å². The second-order valence-corrected chi connectivity index (χ2v) is 27.3. The van der Waals surface area contributed by atoms with Crippen LogP contribution in [0.1, 0.15) is 343 Å². The summed E-state index contributed by atoms with van der Waals surface area (Å²) in [5.74, 6) is 5.03. The summed E-state index contributed by atoms with van der Waals surface area (Å²) < 4.78 is 39.0. The van der Waals surface area contributed by atoms with Crippen molar-refractivity contribution < 1.29 is 43.7 Å². The second-order valence-electron chi connectivity index (χ2n) is 27.3. The monoisotopic (exact) mass is 1330 g/mol. The highest BCUT2D eigenvalue weighted by molar-refractivity contribution is 5.79. The van der Waals surface area contributed by atoms with Crippen LogP contribution in [0.5, 0.6) is 34.5 Å². The molecule has 0 aliphatic carbocycles. The summed E-state index contributed by atoms with van der Waals surface area (Å²) in [5, 5.41) is 27.6. The van der Waals surface area contributed by atoms with Gasteiger partial charge in [0.25, 0.3) is 0 Å². The lowest BCUT2D eigenvalue weighted by molar-refractivity contribution is 0.280. The van der Waals surface area contributed by atoms with Crippen molar-refractivity contribution in [2.75, 3.05) is 59.5 Å². The number of aliphatic hydroxyl groups excluding tert-OH is 3. The molecule has 0 atom stereocenters. The molecule has 4 aromatic carbocycles. The Balaban J connectivity index is 1.68. The SMILES string of the molecule is CCCCCCCCCCOc1cc(/C=C/c2cc(/C=C/c3cc(OCCCCCCCCCC)cc(OCCCCCCCCCO)c3)cc(/C=C/c3cc(OCCCCCCCCCC)cc(OCCCCCCCCCO)c3)c2)cc(OCCCCCCCCCO)c1. The molecule has 0 saturated heterocycles. The van der Waals surface area contributed by atoms with Gasteiger partial charge in [0.15, 0.2) is 0 Å². The van der Waals surface area contributed by atoms with Gasteiger partial charge in [0, 0.05) is 38.0 Å². The van der Waals surface area contributed by atoms with Crippen LogP contribution >= 0.6 is 0 Å². The van der Waals surface area contributed by atoms with Crippen LogP contribution in [0.25, 0.3) is 36.5 Å². The molecule has 0 saturated carbocycles. The molecule has 0 aliphatic rings. The van der Waals surface area contributed by atoms with E-state index in [-0.39, 0.29) is 19.8 Å². The van der Waals surface area contributed by atoms with E-state index >= 15 is 0 Å². The summed E-state index contributed by atoms with van der Waals surface area (Å²) in [6.45, 7) is 11.7. The molecule has 0 spiro atoms. The van der Waals surface area contributed by atoms with Gasteiger partial charge in [0.2, 0.25) is 0 Å². The predicted molar refractivity (Wildman–Crippen MR) is 412 cm³/mol. The molecule has 3 N–H and O–H groups in total. The zero-order chi connectivity index (χ0) is 68.1. The van der Waals surface area contributed by atoms with Gasteiger partial charge >= 0.3 is 0 Å². The van der Waals surface area contributed by atoms with E-state index in [9.17, 15) is 15.3 Å². The van der Waals surface area contributed by atoms with Crippen molar-refractivity contribution in [3.05, 3.63) is 106 Å². The Labute approximate surface area is 587 Å². The minimum Gasteiger partial charge on any atom is -0.493 e. The smallest absolute Gasteiger partial charge is 0.123 e. The maximum absolute atomic E-state index is 9.20. The molecule has 9 nitrogen and oxygen atoms in total. The first kappa shape index (κ1) is 83.2. The predicted octanol–water partition coefficient (Wildman–Crippen LogP) is 25.1. The third kappa shape index (κ3) is 44.6. The molecule has 0 aliphatic heterocycles. The van der Waals surface area contributed by atoms with E-state index in [4.69, 9.17) is 28.4 Å². The van der Waals surface area contributed by atoms with Crippen molar-refractivity contribution in [2.24, 2.45) is 0 Å². The van der Waals surface area contributed by atoms with Crippen LogP contribution in [0.15, 0.2) is 72.8 Å². The molecule has 0 aromatic heterocycles. The zero-order valence-electron chi connectivity index (χ0n) is 61.4. The summed E-state index contributed by atoms with van der Waals surface area (Å²) >= 11 is 0. The Morgan fingerprint density at radius 1 is 0.188 bits per heavy atom. The Kier molecular flexibility index (Phi) is 51.8. The maximum Gasteiger partial charge on any atom is 0.123 e. The first-order valence-corrected chi connectivity index (χ1v) is 39.7. The normalized spacial score (nSPS) is 11.7. The van der Waals surface area contributed by atoms with Crippen molar-refractivity contribution in [3.8, 4) is 34.5 Å². The van der Waals surface area contributed by atoms with E-state index in [0.717, 1.165) is 164 Å². The van der Waals surface area contributed by atoms with Gasteiger partial charge in [-0.15, -0.1) is 0 Å². The lowest BCUT2D eigenvalue weighted by Gasteiger charge is -2.12. The summed E-state index contributed by atoms with van der Waals surface area (Å²) in [4.78, 5) is 0. The Hall–Kier alpha value is -5.22. The third-order valence-electron chi connectivity index (χ3n) is 18.1. The summed E-state index contributed by atoms with van der Waals surface area (Å²) in [7, 11) is 0. The molecule has 4 aromatic rings.